The molecule has 0 saturated carbocycles. The van der Waals surface area contributed by atoms with Crippen LogP contribution in [0.15, 0.2) is 82.4 Å². The summed E-state index contributed by atoms with van der Waals surface area (Å²) >= 11 is 0. The summed E-state index contributed by atoms with van der Waals surface area (Å²) < 4.78 is 24.7. The number of nitrogens with zero attached hydrogens (tertiary/aromatic N) is 3. The highest BCUT2D eigenvalue weighted by atomic mass is 32.2. The summed E-state index contributed by atoms with van der Waals surface area (Å²) in [6, 6.07) is 15.6. The zero-order chi connectivity index (χ0) is 23.0. The Morgan fingerprint density at radius 3 is 2.44 bits per heavy atom. The van der Waals surface area contributed by atoms with Crippen LogP contribution in [-0.4, -0.2) is 35.7 Å². The lowest BCUT2D eigenvalue weighted by atomic mass is 10.1. The monoisotopic (exact) mass is 450 g/mol. The Labute approximate surface area is 183 Å². The topological polar surface area (TPSA) is 135 Å². The molecule has 1 amide bonds. The van der Waals surface area contributed by atoms with Gasteiger partial charge in [-0.3, -0.25) is 4.79 Å². The first-order valence-electron chi connectivity index (χ1n) is 9.41. The van der Waals surface area contributed by atoms with Gasteiger partial charge in [-0.05, 0) is 67.6 Å². The second kappa shape index (κ2) is 7.91. The Morgan fingerprint density at radius 1 is 1.06 bits per heavy atom. The lowest BCUT2D eigenvalue weighted by molar-refractivity contribution is -0.114. The maximum Gasteiger partial charge on any atom is 0.335 e. The number of carbonyl (C=O) groups is 2. The minimum absolute atomic E-state index is 0.00138. The van der Waals surface area contributed by atoms with Crippen LogP contribution in [0.3, 0.4) is 0 Å². The van der Waals surface area contributed by atoms with E-state index in [0.29, 0.717) is 28.4 Å². The molecule has 3 aromatic rings. The van der Waals surface area contributed by atoms with E-state index in [2.05, 4.69) is 5.10 Å². The molecule has 10 heteroatoms. The normalized spacial score (nSPS) is 15.3. The summed E-state index contributed by atoms with van der Waals surface area (Å²) in [6.45, 7) is 1.69. The molecular formula is C22H18N4O5S. The van der Waals surface area contributed by atoms with Crippen LogP contribution in [0.5, 0.6) is 0 Å². The number of carbonyl (C=O) groups excluding carboxylic acids is 1. The fourth-order valence-corrected chi connectivity index (χ4v) is 3.84. The van der Waals surface area contributed by atoms with Gasteiger partial charge >= 0.3 is 5.97 Å². The van der Waals surface area contributed by atoms with E-state index in [0.717, 1.165) is 0 Å². The Morgan fingerprint density at radius 2 is 1.78 bits per heavy atom. The van der Waals surface area contributed by atoms with Crippen molar-refractivity contribution in [3.8, 4) is 5.69 Å². The highest BCUT2D eigenvalue weighted by Gasteiger charge is 2.29. The van der Waals surface area contributed by atoms with Crippen molar-refractivity contribution in [2.45, 2.75) is 11.8 Å². The van der Waals surface area contributed by atoms with E-state index in [1.165, 1.54) is 29.3 Å². The van der Waals surface area contributed by atoms with Gasteiger partial charge in [0.15, 0.2) is 0 Å². The molecule has 1 aliphatic heterocycles. The van der Waals surface area contributed by atoms with E-state index in [4.69, 9.17) is 5.14 Å². The molecule has 2 heterocycles. The average Bonchev–Trinajstić information content (AvgIpc) is 3.33. The number of hydrogen-bond donors (Lipinski definition) is 2. The third kappa shape index (κ3) is 3.96. The largest absolute Gasteiger partial charge is 0.478 e. The van der Waals surface area contributed by atoms with Crippen molar-refractivity contribution in [1.29, 1.82) is 0 Å². The van der Waals surface area contributed by atoms with E-state index in [1.54, 1.807) is 60.2 Å². The molecule has 4 rings (SSSR count). The van der Waals surface area contributed by atoms with E-state index in [-0.39, 0.29) is 16.4 Å². The van der Waals surface area contributed by atoms with Crippen molar-refractivity contribution in [3.05, 3.63) is 83.7 Å². The van der Waals surface area contributed by atoms with Crippen LogP contribution >= 0.6 is 0 Å². The summed E-state index contributed by atoms with van der Waals surface area (Å²) in [5.41, 5.74) is 2.59. The Balaban J connectivity index is 1.67. The fourth-order valence-electron chi connectivity index (χ4n) is 3.32. The average molecular weight is 450 g/mol. The maximum absolute atomic E-state index is 13.0. The van der Waals surface area contributed by atoms with Crippen LogP contribution in [0.4, 0.5) is 5.69 Å². The van der Waals surface area contributed by atoms with Crippen LogP contribution < -0.4 is 10.1 Å². The van der Waals surface area contributed by atoms with E-state index in [9.17, 15) is 23.1 Å². The van der Waals surface area contributed by atoms with Crippen molar-refractivity contribution < 1.29 is 23.1 Å². The smallest absolute Gasteiger partial charge is 0.335 e. The van der Waals surface area contributed by atoms with E-state index >= 15 is 0 Å². The van der Waals surface area contributed by atoms with Crippen molar-refractivity contribution in [3.63, 3.8) is 0 Å². The summed E-state index contributed by atoms with van der Waals surface area (Å²) in [5, 5.41) is 19.8. The van der Waals surface area contributed by atoms with Crippen LogP contribution in [0.25, 0.3) is 11.8 Å². The number of rotatable bonds is 5. The number of hydrazone groups is 1. The van der Waals surface area contributed by atoms with Crippen LogP contribution in [-0.2, 0) is 14.8 Å². The molecule has 3 N–H and O–H groups in total. The molecule has 0 unspecified atom stereocenters. The second-order valence-corrected chi connectivity index (χ2v) is 8.62. The standard InChI is InChI=1S/C22H18N4O5S/c1-14-20(21(27)26(24-14)18-5-2-4-15(12-18)22(28)29)13-17-6-3-11-25(17)16-7-9-19(10-8-16)32(23,30)31/h2-13H,1H3,(H,28,29)(H2,23,30,31). The van der Waals surface area contributed by atoms with Crippen molar-refractivity contribution >= 4 is 39.4 Å². The molecule has 162 valence electrons. The van der Waals surface area contributed by atoms with Gasteiger partial charge in [-0.2, -0.15) is 10.1 Å². The summed E-state index contributed by atoms with van der Waals surface area (Å²) in [4.78, 5) is 24.3. The van der Waals surface area contributed by atoms with E-state index < -0.39 is 16.0 Å². The second-order valence-electron chi connectivity index (χ2n) is 7.06. The Hall–Kier alpha value is -4.02. The predicted octanol–water partition coefficient (Wildman–Crippen LogP) is 2.63. The number of sulfonamides is 1. The molecule has 2 aromatic carbocycles. The van der Waals surface area contributed by atoms with Crippen LogP contribution in [0.2, 0.25) is 0 Å². The van der Waals surface area contributed by atoms with Gasteiger partial charge in [-0.25, -0.2) is 18.4 Å². The maximum atomic E-state index is 13.0. The lowest BCUT2D eigenvalue weighted by Crippen LogP contribution is -2.21. The first-order valence-corrected chi connectivity index (χ1v) is 11.0. The lowest BCUT2D eigenvalue weighted by Gasteiger charge is -2.12. The molecule has 0 atom stereocenters. The SMILES string of the molecule is CC1=NN(c2cccc(C(=O)O)c2)C(=O)C1=Cc1cccn1-c1ccc(S(N)(=O)=O)cc1. The zero-order valence-electron chi connectivity index (χ0n) is 16.8. The summed E-state index contributed by atoms with van der Waals surface area (Å²) in [6.07, 6.45) is 3.45. The van der Waals surface area contributed by atoms with Gasteiger partial charge in [0.05, 0.1) is 27.4 Å². The number of hydrogen-bond acceptors (Lipinski definition) is 5. The number of aromatic carboxylic acids is 1. The molecule has 9 nitrogen and oxygen atoms in total. The minimum Gasteiger partial charge on any atom is -0.478 e. The molecule has 0 fully saturated rings. The van der Waals surface area contributed by atoms with Gasteiger partial charge in [-0.15, -0.1) is 0 Å². The zero-order valence-corrected chi connectivity index (χ0v) is 17.7. The molecular weight excluding hydrogens is 432 g/mol. The van der Waals surface area contributed by atoms with E-state index in [1.807, 2.05) is 0 Å². The highest BCUT2D eigenvalue weighted by Crippen LogP contribution is 2.26. The third-order valence-corrected chi connectivity index (χ3v) is 5.85. The van der Waals surface area contributed by atoms with Crippen molar-refractivity contribution in [2.24, 2.45) is 10.2 Å². The molecule has 0 radical (unpaired) electrons. The molecule has 0 spiro atoms. The van der Waals surface area contributed by atoms with Crippen molar-refractivity contribution in [2.75, 3.05) is 5.01 Å². The molecule has 32 heavy (non-hydrogen) atoms. The summed E-state index contributed by atoms with van der Waals surface area (Å²) in [7, 11) is -3.80. The van der Waals surface area contributed by atoms with Gasteiger partial charge in [0.25, 0.3) is 5.91 Å². The van der Waals surface area contributed by atoms with Gasteiger partial charge in [0.1, 0.15) is 0 Å². The fraction of sp³-hybridized carbons (Fsp3) is 0.0455. The van der Waals surface area contributed by atoms with Gasteiger partial charge < -0.3 is 9.67 Å². The molecule has 0 bridgehead atoms. The van der Waals surface area contributed by atoms with Gasteiger partial charge in [0, 0.05) is 17.6 Å². The number of carboxylic acid groups (broad SMARTS) is 1. The van der Waals surface area contributed by atoms with Gasteiger partial charge in [-0.1, -0.05) is 6.07 Å². The third-order valence-electron chi connectivity index (χ3n) is 4.92. The number of benzene rings is 2. The Kier molecular flexibility index (Phi) is 5.25. The molecule has 0 aliphatic carbocycles. The molecule has 0 saturated heterocycles. The number of aromatic nitrogens is 1. The Bertz CT molecular complexity index is 1400. The number of nitrogens with two attached hydrogens (primary N) is 1. The predicted molar refractivity (Wildman–Crippen MR) is 119 cm³/mol. The highest BCUT2D eigenvalue weighted by molar-refractivity contribution is 7.89. The minimum atomic E-state index is -3.80. The van der Waals surface area contributed by atoms with Crippen LogP contribution in [0, 0.1) is 0 Å². The van der Waals surface area contributed by atoms with Gasteiger partial charge in [0.2, 0.25) is 10.0 Å². The molecule has 1 aliphatic rings. The first kappa shape index (κ1) is 21.2. The van der Waals surface area contributed by atoms with Crippen LogP contribution in [0.1, 0.15) is 23.0 Å². The first-order chi connectivity index (χ1) is 15.1. The number of primary sulfonamides is 1. The number of amides is 1. The number of carboxylic acids is 1. The molecule has 1 aromatic heterocycles. The number of anilines is 1. The quantitative estimate of drug-likeness (QED) is 0.576. The van der Waals surface area contributed by atoms with Crippen molar-refractivity contribution in [1.82, 2.24) is 4.57 Å². The summed E-state index contributed by atoms with van der Waals surface area (Å²) in [5.74, 6) is -1.48.